The van der Waals surface area contributed by atoms with Gasteiger partial charge in [-0.15, -0.1) is 0 Å². The lowest BCUT2D eigenvalue weighted by molar-refractivity contribution is -0.140. The molecule has 0 aromatic heterocycles. The van der Waals surface area contributed by atoms with Crippen LogP contribution in [0.5, 0.6) is 0 Å². The van der Waals surface area contributed by atoms with Crippen molar-refractivity contribution in [3.05, 3.63) is 0 Å². The van der Waals surface area contributed by atoms with Gasteiger partial charge in [0.2, 0.25) is 0 Å². The van der Waals surface area contributed by atoms with E-state index >= 15 is 0 Å². The average molecular weight is 182 g/mol. The second-order valence-corrected chi connectivity index (χ2v) is 4.38. The Balaban J connectivity index is 2.34. The molecule has 0 unspecified atom stereocenters. The minimum Gasteiger partial charge on any atom is -0.543 e. The summed E-state index contributed by atoms with van der Waals surface area (Å²) in [5.41, 5.74) is 0. The molecule has 0 heterocycles. The molecule has 0 aromatic carbocycles. The Morgan fingerprint density at radius 1 is 1.31 bits per heavy atom. The van der Waals surface area contributed by atoms with Crippen LogP contribution in [0.1, 0.15) is 39.5 Å². The fourth-order valence-electron chi connectivity index (χ4n) is 2.19. The molecule has 1 aliphatic rings. The third kappa shape index (κ3) is 2.75. The molecule has 13 heavy (non-hydrogen) atoms. The minimum atomic E-state index is -0.0118. The van der Waals surface area contributed by atoms with Crippen molar-refractivity contribution in [1.29, 1.82) is 0 Å². The summed E-state index contributed by atoms with van der Waals surface area (Å²) >= 11 is 0. The smallest absolute Gasteiger partial charge is 0.325 e. The number of carbonyl (C=O) groups is 1. The predicted octanol–water partition coefficient (Wildman–Crippen LogP) is 1.54. The molecule has 74 valence electrons. The average Bonchev–Trinajstić information content (AvgIpc) is 2.17. The molecule has 0 radical (unpaired) electrons. The maximum Gasteiger partial charge on any atom is 0.325 e. The Morgan fingerprint density at radius 3 is 2.23 bits per heavy atom. The molecule has 0 spiro atoms. The molecule has 2 nitrogen and oxygen atoms in total. The van der Waals surface area contributed by atoms with E-state index in [4.69, 9.17) is 4.65 Å². The molecule has 1 fully saturated rings. The molecule has 0 aromatic rings. The molecule has 1 aliphatic carbocycles. The van der Waals surface area contributed by atoms with E-state index in [1.54, 1.807) is 0 Å². The van der Waals surface area contributed by atoms with Crippen LogP contribution in [0.3, 0.4) is 0 Å². The van der Waals surface area contributed by atoms with Gasteiger partial charge in [0.1, 0.15) is 0 Å². The highest BCUT2D eigenvalue weighted by Gasteiger charge is 2.27. The number of carbonyl (C=O) groups excluding carboxylic acids is 1. The first-order valence-corrected chi connectivity index (χ1v) is 5.23. The van der Waals surface area contributed by atoms with E-state index in [0.29, 0.717) is 0 Å². The maximum absolute atomic E-state index is 11.2. The van der Waals surface area contributed by atoms with Crippen molar-refractivity contribution >= 4 is 14.0 Å². The van der Waals surface area contributed by atoms with Gasteiger partial charge in [-0.25, -0.2) is 0 Å². The zero-order chi connectivity index (χ0) is 9.84. The number of rotatable bonds is 2. The van der Waals surface area contributed by atoms with Gasteiger partial charge < -0.3 is 4.65 Å². The van der Waals surface area contributed by atoms with Gasteiger partial charge >= 0.3 is 8.05 Å². The molecular formula is C10H19BO2. The van der Waals surface area contributed by atoms with Gasteiger partial charge in [0.15, 0.2) is 0 Å². The third-order valence-corrected chi connectivity index (χ3v) is 3.25. The van der Waals surface area contributed by atoms with Gasteiger partial charge in [-0.05, 0) is 37.5 Å². The first-order chi connectivity index (χ1) is 6.15. The molecule has 3 heteroatoms. The summed E-state index contributed by atoms with van der Waals surface area (Å²) in [6, 6.07) is 0. The first-order valence-electron chi connectivity index (χ1n) is 5.23. The highest BCUT2D eigenvalue weighted by molar-refractivity contribution is 6.05. The van der Waals surface area contributed by atoms with Crippen molar-refractivity contribution in [3.8, 4) is 0 Å². The molecule has 0 N–H and O–H groups in total. The molecule has 1 rings (SSSR count). The fourth-order valence-corrected chi connectivity index (χ4v) is 2.19. The van der Waals surface area contributed by atoms with E-state index in [2.05, 4.69) is 13.8 Å². The second-order valence-electron chi connectivity index (χ2n) is 4.38. The summed E-state index contributed by atoms with van der Waals surface area (Å²) in [6.45, 7) is 4.53. The summed E-state index contributed by atoms with van der Waals surface area (Å²) in [5, 5.41) is 0. The quantitative estimate of drug-likeness (QED) is 0.605. The van der Waals surface area contributed by atoms with Crippen LogP contribution in [0.25, 0.3) is 0 Å². The summed E-state index contributed by atoms with van der Waals surface area (Å²) in [7, 11) is 1.48. The molecule has 0 saturated heterocycles. The molecule has 1 saturated carbocycles. The van der Waals surface area contributed by atoms with Gasteiger partial charge in [-0.2, -0.15) is 0 Å². The Labute approximate surface area is 81.5 Å². The minimum absolute atomic E-state index is 0.0118. The Kier molecular flexibility index (Phi) is 3.82. The van der Waals surface area contributed by atoms with Crippen LogP contribution in [0.15, 0.2) is 0 Å². The maximum atomic E-state index is 11.2. The number of hydrogen-bond acceptors (Lipinski definition) is 2. The number of hydrogen-bond donors (Lipinski definition) is 0. The van der Waals surface area contributed by atoms with E-state index in [1.165, 1.54) is 20.9 Å². The summed E-state index contributed by atoms with van der Waals surface area (Å²) in [5.74, 6) is 1.75. The van der Waals surface area contributed by atoms with Crippen molar-refractivity contribution in [3.63, 3.8) is 0 Å². The van der Waals surface area contributed by atoms with Crippen LogP contribution >= 0.6 is 0 Å². The van der Waals surface area contributed by atoms with E-state index in [1.807, 2.05) is 0 Å². The molecule has 0 bridgehead atoms. The Bertz CT molecular complexity index is 172. The molecule has 0 aliphatic heterocycles. The van der Waals surface area contributed by atoms with Crippen LogP contribution in [0.2, 0.25) is 0 Å². The topological polar surface area (TPSA) is 26.3 Å². The van der Waals surface area contributed by atoms with Gasteiger partial charge in [0.25, 0.3) is 5.97 Å². The van der Waals surface area contributed by atoms with Crippen molar-refractivity contribution in [2.24, 2.45) is 17.8 Å². The van der Waals surface area contributed by atoms with E-state index in [0.717, 1.165) is 24.7 Å². The Hall–Kier alpha value is -0.465. The van der Waals surface area contributed by atoms with Crippen molar-refractivity contribution in [2.75, 3.05) is 0 Å². The van der Waals surface area contributed by atoms with Gasteiger partial charge in [-0.3, -0.25) is 4.79 Å². The highest BCUT2D eigenvalue weighted by Crippen LogP contribution is 2.33. The molecular weight excluding hydrogens is 163 g/mol. The van der Waals surface area contributed by atoms with E-state index in [-0.39, 0.29) is 11.9 Å². The lowest BCUT2D eigenvalue weighted by atomic mass is 9.77. The van der Waals surface area contributed by atoms with Gasteiger partial charge in [0.05, 0.1) is 5.92 Å². The van der Waals surface area contributed by atoms with E-state index in [9.17, 15) is 4.79 Å². The lowest BCUT2D eigenvalue weighted by Gasteiger charge is -2.29. The lowest BCUT2D eigenvalue weighted by Crippen LogP contribution is -2.25. The summed E-state index contributed by atoms with van der Waals surface area (Å²) < 4.78 is 4.75. The summed E-state index contributed by atoms with van der Waals surface area (Å²) in [4.78, 5) is 11.2. The molecule has 0 amide bonds. The summed E-state index contributed by atoms with van der Waals surface area (Å²) in [6.07, 6.45) is 4.43. The predicted molar refractivity (Wildman–Crippen MR) is 54.9 cm³/mol. The van der Waals surface area contributed by atoms with Crippen molar-refractivity contribution < 1.29 is 9.45 Å². The van der Waals surface area contributed by atoms with Gasteiger partial charge in [-0.1, -0.05) is 13.8 Å². The SMILES string of the molecule is BOC(=O)C1CCC(C(C)C)CC1. The zero-order valence-corrected chi connectivity index (χ0v) is 8.88. The van der Waals surface area contributed by atoms with Crippen LogP contribution in [0.4, 0.5) is 0 Å². The Morgan fingerprint density at radius 2 is 1.85 bits per heavy atom. The van der Waals surface area contributed by atoms with Crippen LogP contribution in [-0.4, -0.2) is 14.0 Å². The van der Waals surface area contributed by atoms with Crippen molar-refractivity contribution in [1.82, 2.24) is 0 Å². The largest absolute Gasteiger partial charge is 0.543 e. The standard InChI is InChI=1S/C10H19BO2/c1-7(2)8-3-5-9(6-4-8)10(12)13-11/h7-9H,3-6,11H2,1-2H3. The van der Waals surface area contributed by atoms with Crippen LogP contribution in [0, 0.1) is 17.8 Å². The zero-order valence-electron chi connectivity index (χ0n) is 8.88. The van der Waals surface area contributed by atoms with E-state index < -0.39 is 0 Å². The van der Waals surface area contributed by atoms with Crippen LogP contribution in [-0.2, 0) is 9.45 Å². The first kappa shape index (κ1) is 10.6. The normalized spacial score (nSPS) is 28.8. The van der Waals surface area contributed by atoms with Crippen LogP contribution < -0.4 is 0 Å². The fraction of sp³-hybridized carbons (Fsp3) is 0.900. The second kappa shape index (κ2) is 4.68. The third-order valence-electron chi connectivity index (χ3n) is 3.25. The monoisotopic (exact) mass is 182 g/mol. The highest BCUT2D eigenvalue weighted by atomic mass is 16.5. The van der Waals surface area contributed by atoms with Gasteiger partial charge in [0, 0.05) is 0 Å². The van der Waals surface area contributed by atoms with Crippen molar-refractivity contribution in [2.45, 2.75) is 39.5 Å². The molecule has 0 atom stereocenters.